The average Bonchev–Trinajstić information content (AvgIpc) is 2.53. The van der Waals surface area contributed by atoms with Crippen LogP contribution in [-0.4, -0.2) is 48.5 Å². The van der Waals surface area contributed by atoms with Crippen LogP contribution >= 0.6 is 0 Å². The molecule has 0 aromatic heterocycles. The number of rotatable bonds is 11. The molecule has 0 aliphatic heterocycles. The van der Waals surface area contributed by atoms with Gasteiger partial charge in [-0.2, -0.15) is 0 Å². The number of carbonyl (C=O) groups is 2. The average molecular weight is 317 g/mol. The summed E-state index contributed by atoms with van der Waals surface area (Å²) in [5.74, 6) is -1.15. The summed E-state index contributed by atoms with van der Waals surface area (Å²) >= 11 is 0. The maximum absolute atomic E-state index is 12.6. The van der Waals surface area contributed by atoms with Gasteiger partial charge in [-0.15, -0.1) is 13.2 Å². The Bertz CT molecular complexity index is 541. The molecule has 1 N–H and O–H groups in total. The Balaban J connectivity index is 2.93. The van der Waals surface area contributed by atoms with Crippen molar-refractivity contribution in [2.24, 2.45) is 5.92 Å². The smallest absolute Gasteiger partial charge is 0.304 e. The summed E-state index contributed by atoms with van der Waals surface area (Å²) in [7, 11) is 1.55. The Labute approximate surface area is 136 Å². The minimum Gasteiger partial charge on any atom is -0.497 e. The van der Waals surface area contributed by atoms with E-state index >= 15 is 0 Å². The van der Waals surface area contributed by atoms with E-state index in [0.29, 0.717) is 30.9 Å². The number of hydrogen-bond donors (Lipinski definition) is 1. The Morgan fingerprint density at radius 2 is 1.78 bits per heavy atom. The van der Waals surface area contributed by atoms with E-state index in [-0.39, 0.29) is 12.2 Å². The lowest BCUT2D eigenvalue weighted by atomic mass is 9.93. The van der Waals surface area contributed by atoms with Gasteiger partial charge in [-0.05, 0) is 24.3 Å². The molecule has 0 amide bonds. The van der Waals surface area contributed by atoms with Crippen molar-refractivity contribution >= 4 is 11.8 Å². The fraction of sp³-hybridized carbons (Fsp3) is 0.333. The van der Waals surface area contributed by atoms with Crippen LogP contribution in [0.15, 0.2) is 49.6 Å². The van der Waals surface area contributed by atoms with Crippen LogP contribution in [0.5, 0.6) is 5.75 Å². The van der Waals surface area contributed by atoms with Crippen molar-refractivity contribution < 1.29 is 19.4 Å². The highest BCUT2D eigenvalue weighted by Gasteiger charge is 2.25. The zero-order chi connectivity index (χ0) is 17.2. The van der Waals surface area contributed by atoms with Crippen molar-refractivity contribution in [2.45, 2.75) is 6.42 Å². The number of methoxy groups -OCH3 is 1. The van der Waals surface area contributed by atoms with Crippen molar-refractivity contribution in [2.75, 3.05) is 26.7 Å². The third-order valence-corrected chi connectivity index (χ3v) is 3.42. The van der Waals surface area contributed by atoms with Crippen LogP contribution in [0.4, 0.5) is 0 Å². The van der Waals surface area contributed by atoms with Crippen molar-refractivity contribution in [3.63, 3.8) is 0 Å². The summed E-state index contributed by atoms with van der Waals surface area (Å²) in [6, 6.07) is 6.69. The van der Waals surface area contributed by atoms with E-state index in [1.54, 1.807) is 43.5 Å². The van der Waals surface area contributed by atoms with Crippen molar-refractivity contribution in [1.82, 2.24) is 4.90 Å². The summed E-state index contributed by atoms with van der Waals surface area (Å²) < 4.78 is 5.07. The molecule has 0 heterocycles. The van der Waals surface area contributed by atoms with E-state index in [1.165, 1.54) is 0 Å². The van der Waals surface area contributed by atoms with Crippen molar-refractivity contribution in [3.8, 4) is 5.75 Å². The van der Waals surface area contributed by atoms with E-state index in [2.05, 4.69) is 13.2 Å². The molecule has 23 heavy (non-hydrogen) atoms. The fourth-order valence-corrected chi connectivity index (χ4v) is 2.34. The van der Waals surface area contributed by atoms with Crippen LogP contribution in [0.1, 0.15) is 16.8 Å². The molecule has 1 rings (SSSR count). The zero-order valence-corrected chi connectivity index (χ0v) is 13.4. The van der Waals surface area contributed by atoms with Gasteiger partial charge >= 0.3 is 5.97 Å². The summed E-state index contributed by atoms with van der Waals surface area (Å²) in [6.45, 7) is 8.84. The minimum absolute atomic E-state index is 0.187. The highest BCUT2D eigenvalue weighted by molar-refractivity contribution is 5.99. The van der Waals surface area contributed by atoms with E-state index < -0.39 is 11.9 Å². The van der Waals surface area contributed by atoms with Gasteiger partial charge in [0.1, 0.15) is 5.75 Å². The molecule has 1 aromatic rings. The van der Waals surface area contributed by atoms with Gasteiger partial charge in [0, 0.05) is 31.1 Å². The van der Waals surface area contributed by atoms with Crippen LogP contribution in [0.2, 0.25) is 0 Å². The minimum atomic E-state index is -0.992. The lowest BCUT2D eigenvalue weighted by Crippen LogP contribution is -2.35. The number of Topliss-reactive ketones (excluding diaryl/α,β-unsaturated/α-hetero) is 1. The predicted molar refractivity (Wildman–Crippen MR) is 89.9 cm³/mol. The highest BCUT2D eigenvalue weighted by atomic mass is 16.5. The topological polar surface area (TPSA) is 66.8 Å². The lowest BCUT2D eigenvalue weighted by Gasteiger charge is -2.24. The van der Waals surface area contributed by atoms with Crippen molar-refractivity contribution in [3.05, 3.63) is 55.1 Å². The normalized spacial score (nSPS) is 11.7. The number of ether oxygens (including phenoxy) is 1. The monoisotopic (exact) mass is 317 g/mol. The molecule has 0 bridgehead atoms. The maximum Gasteiger partial charge on any atom is 0.304 e. The molecule has 1 unspecified atom stereocenters. The summed E-state index contributed by atoms with van der Waals surface area (Å²) in [5, 5.41) is 9.10. The summed E-state index contributed by atoms with van der Waals surface area (Å²) in [6.07, 6.45) is 3.23. The van der Waals surface area contributed by atoms with Gasteiger partial charge in [-0.25, -0.2) is 0 Å². The fourth-order valence-electron chi connectivity index (χ4n) is 2.34. The first-order chi connectivity index (χ1) is 11.0. The molecule has 5 nitrogen and oxygen atoms in total. The molecule has 1 aromatic carbocycles. The third-order valence-electron chi connectivity index (χ3n) is 3.42. The molecule has 0 fully saturated rings. The second-order valence-electron chi connectivity index (χ2n) is 5.18. The Kier molecular flexibility index (Phi) is 7.77. The molecule has 0 saturated carbocycles. The van der Waals surface area contributed by atoms with Crippen LogP contribution in [0.3, 0.4) is 0 Å². The molecule has 0 aliphatic rings. The predicted octanol–water partition coefficient (Wildman–Crippen LogP) is 2.64. The highest BCUT2D eigenvalue weighted by Crippen LogP contribution is 2.18. The van der Waals surface area contributed by atoms with Gasteiger partial charge in [0.15, 0.2) is 5.78 Å². The SMILES string of the molecule is C=CCN(CC=C)CC(CC(=O)O)C(=O)c1ccc(OC)cc1. The number of carboxylic acids is 1. The Morgan fingerprint density at radius 1 is 1.22 bits per heavy atom. The number of hydrogen-bond acceptors (Lipinski definition) is 4. The van der Waals surface area contributed by atoms with Gasteiger partial charge in [0.25, 0.3) is 0 Å². The first kappa shape index (κ1) is 18.6. The van der Waals surface area contributed by atoms with E-state index in [0.717, 1.165) is 0 Å². The molecular weight excluding hydrogens is 294 g/mol. The zero-order valence-electron chi connectivity index (χ0n) is 13.4. The van der Waals surface area contributed by atoms with Gasteiger partial charge in [0.05, 0.1) is 13.5 Å². The van der Waals surface area contributed by atoms with Crippen LogP contribution in [0, 0.1) is 5.92 Å². The van der Waals surface area contributed by atoms with Crippen LogP contribution in [0.25, 0.3) is 0 Å². The van der Waals surface area contributed by atoms with Crippen molar-refractivity contribution in [1.29, 1.82) is 0 Å². The first-order valence-electron chi connectivity index (χ1n) is 7.36. The van der Waals surface area contributed by atoms with Crippen LogP contribution in [-0.2, 0) is 4.79 Å². The third kappa shape index (κ3) is 6.08. The van der Waals surface area contributed by atoms with E-state index in [1.807, 2.05) is 4.90 Å². The summed E-state index contributed by atoms with van der Waals surface area (Å²) in [4.78, 5) is 25.7. The van der Waals surface area contributed by atoms with Crippen LogP contribution < -0.4 is 4.74 Å². The van der Waals surface area contributed by atoms with Gasteiger partial charge in [-0.1, -0.05) is 12.2 Å². The van der Waals surface area contributed by atoms with E-state index in [4.69, 9.17) is 9.84 Å². The number of ketones is 1. The number of carbonyl (C=O) groups excluding carboxylic acids is 1. The molecular formula is C18H23NO4. The van der Waals surface area contributed by atoms with Gasteiger partial charge < -0.3 is 9.84 Å². The number of benzene rings is 1. The first-order valence-corrected chi connectivity index (χ1v) is 7.36. The molecule has 0 radical (unpaired) electrons. The molecule has 1 atom stereocenters. The second kappa shape index (κ2) is 9.58. The molecule has 5 heteroatoms. The second-order valence-corrected chi connectivity index (χ2v) is 5.18. The van der Waals surface area contributed by atoms with E-state index in [9.17, 15) is 9.59 Å². The summed E-state index contributed by atoms with van der Waals surface area (Å²) in [5.41, 5.74) is 0.481. The van der Waals surface area contributed by atoms with Gasteiger partial charge in [-0.3, -0.25) is 14.5 Å². The molecule has 124 valence electrons. The Morgan fingerprint density at radius 3 is 2.22 bits per heavy atom. The maximum atomic E-state index is 12.6. The molecule has 0 aliphatic carbocycles. The Hall–Kier alpha value is -2.40. The number of nitrogens with zero attached hydrogens (tertiary/aromatic N) is 1. The molecule has 0 spiro atoms. The lowest BCUT2D eigenvalue weighted by molar-refractivity contribution is -0.137. The quantitative estimate of drug-likeness (QED) is 0.502. The number of aliphatic carboxylic acids is 1. The standard InChI is InChI=1S/C18H23NO4/c1-4-10-19(11-5-2)13-15(12-17(20)21)18(22)14-6-8-16(23-3)9-7-14/h4-9,15H,1-2,10-13H2,3H3,(H,20,21). The molecule has 0 saturated heterocycles. The largest absolute Gasteiger partial charge is 0.497 e. The van der Waals surface area contributed by atoms with Gasteiger partial charge in [0.2, 0.25) is 0 Å². The number of carboxylic acid groups (broad SMARTS) is 1.